The fourth-order valence-corrected chi connectivity index (χ4v) is 2.76. The topological polar surface area (TPSA) is 84.1 Å². The van der Waals surface area contributed by atoms with Crippen molar-refractivity contribution in [3.05, 3.63) is 11.9 Å². The van der Waals surface area contributed by atoms with Gasteiger partial charge in [0.2, 0.25) is 0 Å². The molecule has 1 heterocycles. The summed E-state index contributed by atoms with van der Waals surface area (Å²) in [7, 11) is 0. The molecule has 0 bridgehead atoms. The number of nitrogens with zero attached hydrogens (tertiary/aromatic N) is 2. The molecular weight excluding hydrogens is 240 g/mol. The second-order valence-electron chi connectivity index (χ2n) is 5.80. The SMILES string of the molecule is Nc1cc(NCC2CCCCC2O)nc(C2CC2)n1. The molecule has 1 aromatic rings. The number of nitrogens with one attached hydrogen (secondary N) is 1. The first-order valence-corrected chi connectivity index (χ1v) is 7.29. The Bertz CT molecular complexity index is 447. The molecule has 3 rings (SSSR count). The molecule has 1 aromatic heterocycles. The lowest BCUT2D eigenvalue weighted by molar-refractivity contribution is 0.0763. The van der Waals surface area contributed by atoms with E-state index in [0.717, 1.165) is 37.4 Å². The largest absolute Gasteiger partial charge is 0.393 e. The zero-order valence-corrected chi connectivity index (χ0v) is 11.2. The van der Waals surface area contributed by atoms with Crippen LogP contribution in [0.15, 0.2) is 6.07 Å². The molecule has 2 unspecified atom stereocenters. The van der Waals surface area contributed by atoms with E-state index in [9.17, 15) is 5.11 Å². The van der Waals surface area contributed by atoms with Crippen LogP contribution in [0.1, 0.15) is 50.3 Å². The monoisotopic (exact) mass is 262 g/mol. The summed E-state index contributed by atoms with van der Waals surface area (Å²) in [5.74, 6) is 3.03. The number of aromatic nitrogens is 2. The summed E-state index contributed by atoms with van der Waals surface area (Å²) in [6.07, 6.45) is 6.53. The molecule has 0 radical (unpaired) electrons. The van der Waals surface area contributed by atoms with Crippen LogP contribution >= 0.6 is 0 Å². The maximum absolute atomic E-state index is 9.96. The Labute approximate surface area is 113 Å². The Kier molecular flexibility index (Phi) is 3.55. The third kappa shape index (κ3) is 3.15. The van der Waals surface area contributed by atoms with E-state index in [4.69, 9.17) is 5.73 Å². The van der Waals surface area contributed by atoms with Gasteiger partial charge in [-0.1, -0.05) is 12.8 Å². The first-order chi connectivity index (χ1) is 9.22. The average molecular weight is 262 g/mol. The van der Waals surface area contributed by atoms with Gasteiger partial charge in [0.1, 0.15) is 17.5 Å². The van der Waals surface area contributed by atoms with Crippen LogP contribution < -0.4 is 11.1 Å². The molecule has 4 N–H and O–H groups in total. The quantitative estimate of drug-likeness (QED) is 0.771. The van der Waals surface area contributed by atoms with E-state index in [1.807, 2.05) is 0 Å². The lowest BCUT2D eigenvalue weighted by atomic mass is 9.86. The van der Waals surface area contributed by atoms with Crippen molar-refractivity contribution in [2.24, 2.45) is 5.92 Å². The Balaban J connectivity index is 1.62. The molecule has 2 aliphatic carbocycles. The van der Waals surface area contributed by atoms with Gasteiger partial charge in [0.25, 0.3) is 0 Å². The molecule has 2 atom stereocenters. The second-order valence-corrected chi connectivity index (χ2v) is 5.80. The molecule has 104 valence electrons. The van der Waals surface area contributed by atoms with E-state index in [1.165, 1.54) is 19.3 Å². The fraction of sp³-hybridized carbons (Fsp3) is 0.714. The van der Waals surface area contributed by atoms with Gasteiger partial charge in [0, 0.05) is 24.4 Å². The lowest BCUT2D eigenvalue weighted by Gasteiger charge is -2.27. The standard InChI is InChI=1S/C14H22N4O/c15-12-7-13(18-14(17-12)9-5-6-9)16-8-10-3-1-2-4-11(10)19/h7,9-11,19H,1-6,8H2,(H3,15,16,17,18). The summed E-state index contributed by atoms with van der Waals surface area (Å²) in [6.45, 7) is 0.766. The summed E-state index contributed by atoms with van der Waals surface area (Å²) in [5.41, 5.74) is 5.82. The predicted octanol–water partition coefficient (Wildman–Crippen LogP) is 1.90. The average Bonchev–Trinajstić information content (AvgIpc) is 3.21. The number of aliphatic hydroxyl groups is 1. The summed E-state index contributed by atoms with van der Waals surface area (Å²) in [6, 6.07) is 1.78. The second kappa shape index (κ2) is 5.33. The Hall–Kier alpha value is -1.36. The van der Waals surface area contributed by atoms with Crippen molar-refractivity contribution < 1.29 is 5.11 Å². The highest BCUT2D eigenvalue weighted by molar-refractivity contribution is 5.45. The molecule has 2 saturated carbocycles. The van der Waals surface area contributed by atoms with Gasteiger partial charge in [-0.05, 0) is 25.7 Å². The van der Waals surface area contributed by atoms with Crippen LogP contribution in [0.3, 0.4) is 0 Å². The summed E-state index contributed by atoms with van der Waals surface area (Å²) >= 11 is 0. The van der Waals surface area contributed by atoms with Gasteiger partial charge in [-0.3, -0.25) is 0 Å². The number of hydrogen-bond acceptors (Lipinski definition) is 5. The van der Waals surface area contributed by atoms with Gasteiger partial charge in [0.05, 0.1) is 6.10 Å². The minimum absolute atomic E-state index is 0.177. The summed E-state index contributed by atoms with van der Waals surface area (Å²) in [5, 5.41) is 13.3. The lowest BCUT2D eigenvalue weighted by Crippen LogP contribution is -2.30. The molecule has 0 amide bonds. The first-order valence-electron chi connectivity index (χ1n) is 7.29. The van der Waals surface area contributed by atoms with E-state index in [1.54, 1.807) is 6.07 Å². The van der Waals surface area contributed by atoms with Crippen LogP contribution in [-0.2, 0) is 0 Å². The molecule has 19 heavy (non-hydrogen) atoms. The summed E-state index contributed by atoms with van der Waals surface area (Å²) in [4.78, 5) is 8.80. The highest BCUT2D eigenvalue weighted by Crippen LogP contribution is 2.38. The number of hydrogen-bond donors (Lipinski definition) is 3. The van der Waals surface area contributed by atoms with Crippen molar-refractivity contribution in [2.45, 2.75) is 50.5 Å². The highest BCUT2D eigenvalue weighted by atomic mass is 16.3. The Morgan fingerprint density at radius 1 is 1.21 bits per heavy atom. The smallest absolute Gasteiger partial charge is 0.136 e. The zero-order valence-electron chi connectivity index (χ0n) is 11.2. The van der Waals surface area contributed by atoms with Gasteiger partial charge in [-0.2, -0.15) is 0 Å². The molecule has 2 aliphatic rings. The molecule has 0 aromatic carbocycles. The molecule has 2 fully saturated rings. The van der Waals surface area contributed by atoms with Crippen LogP contribution in [0.4, 0.5) is 11.6 Å². The maximum Gasteiger partial charge on any atom is 0.136 e. The van der Waals surface area contributed by atoms with Gasteiger partial charge < -0.3 is 16.2 Å². The third-order valence-corrected chi connectivity index (χ3v) is 4.12. The highest BCUT2D eigenvalue weighted by Gasteiger charge is 2.27. The van der Waals surface area contributed by atoms with Gasteiger partial charge >= 0.3 is 0 Å². The number of aliphatic hydroxyl groups excluding tert-OH is 1. The van der Waals surface area contributed by atoms with Crippen LogP contribution in [-0.4, -0.2) is 27.7 Å². The van der Waals surface area contributed by atoms with Crippen LogP contribution in [0, 0.1) is 5.92 Å². The van der Waals surface area contributed by atoms with Crippen molar-refractivity contribution in [1.82, 2.24) is 9.97 Å². The Morgan fingerprint density at radius 2 is 2.00 bits per heavy atom. The molecule has 0 spiro atoms. The van der Waals surface area contributed by atoms with Crippen molar-refractivity contribution in [2.75, 3.05) is 17.6 Å². The van der Waals surface area contributed by atoms with E-state index in [0.29, 0.717) is 17.7 Å². The number of anilines is 2. The van der Waals surface area contributed by atoms with Gasteiger partial charge in [0.15, 0.2) is 0 Å². The number of nitrogen functional groups attached to an aromatic ring is 1. The number of nitrogens with two attached hydrogens (primary N) is 1. The number of rotatable bonds is 4. The normalized spacial score (nSPS) is 27.2. The minimum atomic E-state index is -0.177. The van der Waals surface area contributed by atoms with Crippen LogP contribution in [0.2, 0.25) is 0 Å². The van der Waals surface area contributed by atoms with Crippen LogP contribution in [0.5, 0.6) is 0 Å². The fourth-order valence-electron chi connectivity index (χ4n) is 2.76. The molecule has 5 heteroatoms. The van der Waals surface area contributed by atoms with Crippen LogP contribution in [0.25, 0.3) is 0 Å². The molecule has 5 nitrogen and oxygen atoms in total. The zero-order chi connectivity index (χ0) is 13.2. The van der Waals surface area contributed by atoms with E-state index >= 15 is 0 Å². The van der Waals surface area contributed by atoms with Crippen molar-refractivity contribution in [3.8, 4) is 0 Å². The Morgan fingerprint density at radius 3 is 2.74 bits per heavy atom. The maximum atomic E-state index is 9.96. The minimum Gasteiger partial charge on any atom is -0.393 e. The van der Waals surface area contributed by atoms with Crippen molar-refractivity contribution in [3.63, 3.8) is 0 Å². The van der Waals surface area contributed by atoms with E-state index < -0.39 is 0 Å². The first kappa shape index (κ1) is 12.7. The molecular formula is C14H22N4O. The third-order valence-electron chi connectivity index (χ3n) is 4.12. The van der Waals surface area contributed by atoms with Crippen molar-refractivity contribution in [1.29, 1.82) is 0 Å². The molecule has 0 saturated heterocycles. The summed E-state index contributed by atoms with van der Waals surface area (Å²) < 4.78 is 0. The van der Waals surface area contributed by atoms with Gasteiger partial charge in [-0.25, -0.2) is 9.97 Å². The van der Waals surface area contributed by atoms with Gasteiger partial charge in [-0.15, -0.1) is 0 Å². The van der Waals surface area contributed by atoms with E-state index in [-0.39, 0.29) is 6.10 Å². The van der Waals surface area contributed by atoms with E-state index in [2.05, 4.69) is 15.3 Å². The molecule has 0 aliphatic heterocycles. The predicted molar refractivity (Wildman–Crippen MR) is 74.9 cm³/mol. The van der Waals surface area contributed by atoms with Crippen molar-refractivity contribution >= 4 is 11.6 Å².